The molecule has 5 unspecified atom stereocenters. The first-order chi connectivity index (χ1) is 12.6. The number of carbonyl (C=O) groups is 1. The van der Waals surface area contributed by atoms with E-state index in [1.807, 2.05) is 0 Å². The molecule has 3 saturated heterocycles. The summed E-state index contributed by atoms with van der Waals surface area (Å²) in [6, 6.07) is 2.19. The zero-order valence-corrected chi connectivity index (χ0v) is 19.3. The lowest BCUT2D eigenvalue weighted by Crippen LogP contribution is -2.54. The normalized spacial score (nSPS) is 36.5. The van der Waals surface area contributed by atoms with Crippen LogP contribution in [0.5, 0.6) is 0 Å². The highest BCUT2D eigenvalue weighted by atomic mass is 35.5. The van der Waals surface area contributed by atoms with E-state index in [2.05, 4.69) is 33.9 Å². The number of halogens is 2. The molecule has 7 heteroatoms. The Morgan fingerprint density at radius 3 is 2.18 bits per heavy atom. The van der Waals surface area contributed by atoms with E-state index >= 15 is 0 Å². The van der Waals surface area contributed by atoms with E-state index < -0.39 is 0 Å². The number of amides is 1. The molecule has 1 saturated carbocycles. The molecular weight excluding hydrogens is 395 g/mol. The molecule has 4 fully saturated rings. The number of nitrogens with one attached hydrogen (secondary N) is 1. The molecule has 0 aromatic rings. The maximum absolute atomic E-state index is 12.9. The summed E-state index contributed by atoms with van der Waals surface area (Å²) in [5.41, 5.74) is 0. The van der Waals surface area contributed by atoms with Crippen molar-refractivity contribution >= 4 is 30.7 Å². The third kappa shape index (κ3) is 5.34. The number of likely N-dealkylation sites (tertiary alicyclic amines) is 1. The molecule has 3 heterocycles. The van der Waals surface area contributed by atoms with Crippen LogP contribution in [0, 0.1) is 5.92 Å². The number of rotatable bonds is 4. The van der Waals surface area contributed by atoms with E-state index in [-0.39, 0.29) is 30.9 Å². The summed E-state index contributed by atoms with van der Waals surface area (Å²) in [5, 5.41) is 3.66. The Kier molecular flexibility index (Phi) is 9.34. The maximum Gasteiger partial charge on any atom is 0.239 e. The molecule has 0 aromatic heterocycles. The summed E-state index contributed by atoms with van der Waals surface area (Å²) in [7, 11) is 0. The van der Waals surface area contributed by atoms with Crippen molar-refractivity contribution in [2.75, 3.05) is 39.3 Å². The first kappa shape index (κ1) is 24.2. The van der Waals surface area contributed by atoms with Crippen molar-refractivity contribution in [1.82, 2.24) is 20.0 Å². The van der Waals surface area contributed by atoms with E-state index in [1.165, 1.54) is 45.1 Å². The Morgan fingerprint density at radius 1 is 0.893 bits per heavy atom. The Morgan fingerprint density at radius 2 is 1.54 bits per heavy atom. The van der Waals surface area contributed by atoms with Crippen LogP contribution in [0.25, 0.3) is 0 Å². The molecule has 3 aliphatic heterocycles. The monoisotopic (exact) mass is 434 g/mol. The number of hydrogen-bond acceptors (Lipinski definition) is 4. The molecule has 5 atom stereocenters. The van der Waals surface area contributed by atoms with Crippen LogP contribution in [0.2, 0.25) is 0 Å². The Labute approximate surface area is 183 Å². The van der Waals surface area contributed by atoms with Crippen molar-refractivity contribution in [2.24, 2.45) is 5.92 Å². The second kappa shape index (κ2) is 10.8. The van der Waals surface area contributed by atoms with Crippen molar-refractivity contribution in [3.8, 4) is 0 Å². The van der Waals surface area contributed by atoms with Gasteiger partial charge in [0, 0.05) is 57.4 Å². The van der Waals surface area contributed by atoms with Crippen LogP contribution < -0.4 is 5.32 Å². The Hall–Kier alpha value is -0.0700. The molecule has 5 nitrogen and oxygen atoms in total. The number of fused-ring (bicyclic) bond motifs is 1. The van der Waals surface area contributed by atoms with E-state index in [9.17, 15) is 4.79 Å². The van der Waals surface area contributed by atoms with Crippen molar-refractivity contribution in [1.29, 1.82) is 0 Å². The van der Waals surface area contributed by atoms with Crippen molar-refractivity contribution in [3.63, 3.8) is 0 Å². The third-order valence-corrected chi connectivity index (χ3v) is 7.65. The minimum Gasteiger partial charge on any atom is -0.339 e. The van der Waals surface area contributed by atoms with Gasteiger partial charge < -0.3 is 10.2 Å². The van der Waals surface area contributed by atoms with Crippen LogP contribution in [0.1, 0.15) is 58.8 Å². The summed E-state index contributed by atoms with van der Waals surface area (Å²) in [6.07, 6.45) is 9.06. The first-order valence-electron chi connectivity index (χ1n) is 11.1. The highest BCUT2D eigenvalue weighted by Crippen LogP contribution is 2.33. The van der Waals surface area contributed by atoms with Gasteiger partial charge in [-0.25, -0.2) is 0 Å². The van der Waals surface area contributed by atoms with Crippen molar-refractivity contribution in [3.05, 3.63) is 0 Å². The highest BCUT2D eigenvalue weighted by Gasteiger charge is 2.40. The molecule has 1 N–H and O–H groups in total. The average Bonchev–Trinajstić information content (AvgIpc) is 3.23. The van der Waals surface area contributed by atoms with Gasteiger partial charge in [0.2, 0.25) is 5.91 Å². The van der Waals surface area contributed by atoms with Gasteiger partial charge in [-0.05, 0) is 51.9 Å². The smallest absolute Gasteiger partial charge is 0.239 e. The Balaban J connectivity index is 0.00000140. The van der Waals surface area contributed by atoms with Gasteiger partial charge in [0.05, 0.1) is 6.04 Å². The summed E-state index contributed by atoms with van der Waals surface area (Å²) in [4.78, 5) is 20.3. The third-order valence-electron chi connectivity index (χ3n) is 7.65. The number of nitrogens with zero attached hydrogens (tertiary/aromatic N) is 3. The van der Waals surface area contributed by atoms with Gasteiger partial charge in [-0.2, -0.15) is 0 Å². The molecule has 164 valence electrons. The van der Waals surface area contributed by atoms with Gasteiger partial charge in [0.15, 0.2) is 0 Å². The van der Waals surface area contributed by atoms with E-state index in [1.54, 1.807) is 0 Å². The van der Waals surface area contributed by atoms with Gasteiger partial charge in [0.1, 0.15) is 0 Å². The summed E-state index contributed by atoms with van der Waals surface area (Å²) in [5.74, 6) is 1.13. The first-order valence-corrected chi connectivity index (χ1v) is 11.1. The van der Waals surface area contributed by atoms with Crippen molar-refractivity contribution < 1.29 is 4.79 Å². The quantitative estimate of drug-likeness (QED) is 0.737. The molecule has 0 radical (unpaired) electrons. The van der Waals surface area contributed by atoms with Crippen LogP contribution in [-0.2, 0) is 4.79 Å². The van der Waals surface area contributed by atoms with E-state index in [0.29, 0.717) is 11.9 Å². The number of hydrogen-bond donors (Lipinski definition) is 1. The van der Waals surface area contributed by atoms with E-state index in [4.69, 9.17) is 0 Å². The van der Waals surface area contributed by atoms with Crippen LogP contribution in [0.3, 0.4) is 0 Å². The van der Waals surface area contributed by atoms with Crippen LogP contribution in [0.4, 0.5) is 0 Å². The lowest BCUT2D eigenvalue weighted by Gasteiger charge is -2.37. The van der Waals surface area contributed by atoms with Gasteiger partial charge >= 0.3 is 0 Å². The topological polar surface area (TPSA) is 38.8 Å². The highest BCUT2D eigenvalue weighted by molar-refractivity contribution is 5.85. The second-order valence-electron chi connectivity index (χ2n) is 9.29. The second-order valence-corrected chi connectivity index (χ2v) is 9.29. The molecule has 0 spiro atoms. The zero-order valence-electron chi connectivity index (χ0n) is 17.6. The summed E-state index contributed by atoms with van der Waals surface area (Å²) < 4.78 is 0. The predicted molar refractivity (Wildman–Crippen MR) is 120 cm³/mol. The van der Waals surface area contributed by atoms with Crippen LogP contribution in [-0.4, -0.2) is 84.0 Å². The van der Waals surface area contributed by atoms with Gasteiger partial charge in [0.25, 0.3) is 0 Å². The molecular formula is C21H40Cl2N4O. The molecule has 28 heavy (non-hydrogen) atoms. The molecule has 1 amide bonds. The minimum absolute atomic E-state index is 0. The average molecular weight is 435 g/mol. The van der Waals surface area contributed by atoms with Crippen LogP contribution >= 0.6 is 24.8 Å². The number of piperazine rings is 1. The molecule has 4 aliphatic rings. The molecule has 0 bridgehead atoms. The zero-order chi connectivity index (χ0) is 18.1. The van der Waals surface area contributed by atoms with Gasteiger partial charge in [-0.1, -0.05) is 12.8 Å². The predicted octanol–water partition coefficient (Wildman–Crippen LogP) is 2.77. The molecule has 0 aromatic carbocycles. The lowest BCUT2D eigenvalue weighted by molar-refractivity contribution is -0.135. The fourth-order valence-corrected chi connectivity index (χ4v) is 5.87. The summed E-state index contributed by atoms with van der Waals surface area (Å²) >= 11 is 0. The number of carbonyl (C=O) groups excluding carboxylic acids is 1. The SMILES string of the molecule is CC1CCC(C)N1CCN1CCN(C(=O)C2CC3CCCCC3N2)CC1.Cl.Cl. The van der Waals surface area contributed by atoms with Gasteiger partial charge in [-0.3, -0.25) is 14.6 Å². The van der Waals surface area contributed by atoms with E-state index in [0.717, 1.165) is 57.1 Å². The standard InChI is InChI=1S/C21H38N4O.2ClH/c1-16-7-8-17(2)25(16)14-11-23-9-12-24(13-10-23)21(26)20-15-18-5-3-4-6-19(18)22-20;;/h16-20,22H,3-15H2,1-2H3;2*1H. The fraction of sp³-hybridized carbons (Fsp3) is 0.952. The Bertz CT molecular complexity index is 477. The summed E-state index contributed by atoms with van der Waals surface area (Å²) in [6.45, 7) is 11.0. The molecule has 1 aliphatic carbocycles. The largest absolute Gasteiger partial charge is 0.339 e. The fourth-order valence-electron chi connectivity index (χ4n) is 5.87. The van der Waals surface area contributed by atoms with Crippen LogP contribution in [0.15, 0.2) is 0 Å². The van der Waals surface area contributed by atoms with Crippen molar-refractivity contribution in [2.45, 2.75) is 83.0 Å². The molecule has 4 rings (SSSR count). The minimum atomic E-state index is 0. The lowest BCUT2D eigenvalue weighted by atomic mass is 9.85. The maximum atomic E-state index is 12.9. The van der Waals surface area contributed by atoms with Gasteiger partial charge in [-0.15, -0.1) is 24.8 Å².